The minimum Gasteiger partial charge on any atom is -0.344 e. The zero-order valence-corrected chi connectivity index (χ0v) is 12.5. The van der Waals surface area contributed by atoms with Crippen LogP contribution in [0.2, 0.25) is 10.0 Å². The van der Waals surface area contributed by atoms with Gasteiger partial charge in [-0.2, -0.15) is 5.43 Å². The summed E-state index contributed by atoms with van der Waals surface area (Å²) in [5.74, 6) is -1.07. The highest BCUT2D eigenvalue weighted by Crippen LogP contribution is 2.37. The van der Waals surface area contributed by atoms with Crippen molar-refractivity contribution in [3.8, 4) is 11.1 Å². The third-order valence-electron chi connectivity index (χ3n) is 3.03. The second-order valence-corrected chi connectivity index (χ2v) is 5.16. The molecule has 0 saturated heterocycles. The van der Waals surface area contributed by atoms with Gasteiger partial charge >= 0.3 is 0 Å². The van der Waals surface area contributed by atoms with E-state index < -0.39 is 5.79 Å². The number of hydrogen-bond donors (Lipinski definition) is 4. The molecule has 8 heteroatoms. The molecule has 2 aromatic rings. The first-order valence-electron chi connectivity index (χ1n) is 5.85. The summed E-state index contributed by atoms with van der Waals surface area (Å²) in [6, 6.07) is 7.21. The minimum atomic E-state index is -1.07. The van der Waals surface area contributed by atoms with Crippen molar-refractivity contribution in [2.45, 2.75) is 5.79 Å². The van der Waals surface area contributed by atoms with Crippen LogP contribution >= 0.6 is 23.2 Å². The van der Waals surface area contributed by atoms with Crippen LogP contribution in [0.4, 0.5) is 0 Å². The van der Waals surface area contributed by atoms with E-state index in [2.05, 4.69) is 20.8 Å². The van der Waals surface area contributed by atoms with E-state index in [4.69, 9.17) is 28.9 Å². The second-order valence-electron chi connectivity index (χ2n) is 4.35. The average Bonchev–Trinajstić information content (AvgIpc) is 2.87. The lowest BCUT2D eigenvalue weighted by atomic mass is 10.0. The second kappa shape index (κ2) is 5.97. The first-order valence-corrected chi connectivity index (χ1v) is 6.61. The number of hydrogen-bond acceptors (Lipinski definition) is 6. The molecule has 2 heterocycles. The van der Waals surface area contributed by atoms with E-state index in [1.165, 1.54) is 6.34 Å². The molecule has 1 aliphatic heterocycles. The molecule has 0 saturated carbocycles. The molecule has 3 rings (SSSR count). The number of benzene rings is 1. The van der Waals surface area contributed by atoms with E-state index in [-0.39, 0.29) is 6.15 Å². The number of nitrogens with zero attached hydrogens (tertiary/aromatic N) is 2. The smallest absolute Gasteiger partial charge is 0.206 e. The SMILES string of the molecule is N.NC1(c2cc(Cl)c(-c3cccnc3)c(Cl)c2)N=CNN1. The molecule has 110 valence electrons. The number of nitrogens with two attached hydrogens (primary N) is 1. The number of hydrazine groups is 1. The van der Waals surface area contributed by atoms with Crippen molar-refractivity contribution in [1.82, 2.24) is 22.0 Å². The van der Waals surface area contributed by atoms with Gasteiger partial charge in [0, 0.05) is 29.1 Å². The molecule has 0 radical (unpaired) electrons. The van der Waals surface area contributed by atoms with Crippen LogP contribution in [0.15, 0.2) is 41.7 Å². The molecule has 0 aliphatic carbocycles. The van der Waals surface area contributed by atoms with E-state index in [9.17, 15) is 0 Å². The fourth-order valence-corrected chi connectivity index (χ4v) is 2.74. The number of nitrogens with one attached hydrogen (secondary N) is 2. The molecule has 7 N–H and O–H groups in total. The maximum atomic E-state index is 6.34. The molecule has 1 atom stereocenters. The van der Waals surface area contributed by atoms with Gasteiger partial charge in [-0.3, -0.25) is 10.7 Å². The van der Waals surface area contributed by atoms with Crippen molar-refractivity contribution < 1.29 is 0 Å². The fourth-order valence-electron chi connectivity index (χ4n) is 2.03. The van der Waals surface area contributed by atoms with Crippen LogP contribution in [-0.4, -0.2) is 11.3 Å². The standard InChI is InChI=1S/C13H11Cl2N5.H3N/c14-10-4-9(13(16)18-7-19-20-13)5-11(15)12(10)8-2-1-3-17-6-8;/h1-7,20H,16H2,(H,18,19);1H3. The maximum absolute atomic E-state index is 6.34. The van der Waals surface area contributed by atoms with Gasteiger partial charge in [0.25, 0.3) is 0 Å². The summed E-state index contributed by atoms with van der Waals surface area (Å²) in [7, 11) is 0. The third-order valence-corrected chi connectivity index (χ3v) is 3.62. The largest absolute Gasteiger partial charge is 0.344 e. The predicted molar refractivity (Wildman–Crippen MR) is 85.3 cm³/mol. The van der Waals surface area contributed by atoms with E-state index in [0.29, 0.717) is 15.6 Å². The third kappa shape index (κ3) is 2.85. The Hall–Kier alpha value is -1.70. The monoisotopic (exact) mass is 324 g/mol. The van der Waals surface area contributed by atoms with Gasteiger partial charge in [-0.25, -0.2) is 4.99 Å². The Morgan fingerprint density at radius 2 is 1.90 bits per heavy atom. The van der Waals surface area contributed by atoms with Crippen molar-refractivity contribution >= 4 is 29.5 Å². The van der Waals surface area contributed by atoms with Crippen LogP contribution in [0.5, 0.6) is 0 Å². The lowest BCUT2D eigenvalue weighted by molar-refractivity contribution is 0.375. The zero-order chi connectivity index (χ0) is 14.2. The minimum absolute atomic E-state index is 0. The van der Waals surface area contributed by atoms with Gasteiger partial charge in [0.15, 0.2) is 0 Å². The van der Waals surface area contributed by atoms with Gasteiger partial charge in [-0.1, -0.05) is 29.3 Å². The lowest BCUT2D eigenvalue weighted by Crippen LogP contribution is -2.49. The molecule has 21 heavy (non-hydrogen) atoms. The molecule has 6 nitrogen and oxygen atoms in total. The van der Waals surface area contributed by atoms with Crippen molar-refractivity contribution in [2.24, 2.45) is 10.7 Å². The highest BCUT2D eigenvalue weighted by Gasteiger charge is 2.30. The number of halogens is 2. The van der Waals surface area contributed by atoms with Gasteiger partial charge in [0.1, 0.15) is 6.34 Å². The van der Waals surface area contributed by atoms with Crippen LogP contribution in [0.1, 0.15) is 5.56 Å². The highest BCUT2D eigenvalue weighted by molar-refractivity contribution is 6.39. The topological polar surface area (TPSA) is 110 Å². The Kier molecular flexibility index (Phi) is 4.46. The molecular formula is C13H14Cl2N6. The summed E-state index contributed by atoms with van der Waals surface area (Å²) in [6.45, 7) is 0. The quantitative estimate of drug-likeness (QED) is 0.678. The Labute approximate surface area is 131 Å². The summed E-state index contributed by atoms with van der Waals surface area (Å²) in [5.41, 5.74) is 13.9. The summed E-state index contributed by atoms with van der Waals surface area (Å²) >= 11 is 12.7. The van der Waals surface area contributed by atoms with Crippen molar-refractivity contribution in [1.29, 1.82) is 0 Å². The molecule has 0 fully saturated rings. The highest BCUT2D eigenvalue weighted by atomic mass is 35.5. The molecular weight excluding hydrogens is 311 g/mol. The van der Waals surface area contributed by atoms with Crippen molar-refractivity contribution in [3.05, 3.63) is 52.3 Å². The lowest BCUT2D eigenvalue weighted by Gasteiger charge is -2.22. The zero-order valence-electron chi connectivity index (χ0n) is 11.0. The van der Waals surface area contributed by atoms with Crippen molar-refractivity contribution in [3.63, 3.8) is 0 Å². The maximum Gasteiger partial charge on any atom is 0.206 e. The molecule has 0 spiro atoms. The van der Waals surface area contributed by atoms with Crippen LogP contribution < -0.4 is 22.7 Å². The van der Waals surface area contributed by atoms with Gasteiger partial charge in [0.05, 0.1) is 10.0 Å². The normalized spacial score (nSPS) is 20.0. The van der Waals surface area contributed by atoms with E-state index >= 15 is 0 Å². The van der Waals surface area contributed by atoms with Gasteiger partial charge in [-0.05, 0) is 18.2 Å². The number of aliphatic imine (C=N–C) groups is 1. The number of aromatic nitrogens is 1. The summed E-state index contributed by atoms with van der Waals surface area (Å²) < 4.78 is 0. The van der Waals surface area contributed by atoms with Crippen molar-refractivity contribution in [2.75, 3.05) is 0 Å². The van der Waals surface area contributed by atoms with Gasteiger partial charge in [-0.15, -0.1) is 0 Å². The molecule has 0 bridgehead atoms. The Morgan fingerprint density at radius 3 is 2.43 bits per heavy atom. The fraction of sp³-hybridized carbons (Fsp3) is 0.0769. The Bertz CT molecular complexity index is 653. The molecule has 0 amide bonds. The average molecular weight is 325 g/mol. The molecule has 1 aromatic carbocycles. The Balaban J connectivity index is 0.00000161. The van der Waals surface area contributed by atoms with Gasteiger partial charge < -0.3 is 11.6 Å². The van der Waals surface area contributed by atoms with Gasteiger partial charge in [0.2, 0.25) is 5.79 Å². The Morgan fingerprint density at radius 1 is 1.19 bits per heavy atom. The van der Waals surface area contributed by atoms with Crippen LogP contribution in [-0.2, 0) is 5.79 Å². The molecule has 1 aromatic heterocycles. The van der Waals surface area contributed by atoms with E-state index in [1.54, 1.807) is 24.5 Å². The summed E-state index contributed by atoms with van der Waals surface area (Å²) in [5, 5.41) is 0.989. The summed E-state index contributed by atoms with van der Waals surface area (Å²) in [6.07, 6.45) is 4.88. The van der Waals surface area contributed by atoms with Crippen LogP contribution in [0.25, 0.3) is 11.1 Å². The first-order chi connectivity index (χ1) is 9.60. The molecule has 1 aliphatic rings. The molecule has 1 unspecified atom stereocenters. The predicted octanol–water partition coefficient (Wildman–Crippen LogP) is 2.42. The summed E-state index contributed by atoms with van der Waals surface area (Å²) in [4.78, 5) is 8.19. The van der Waals surface area contributed by atoms with Crippen LogP contribution in [0, 0.1) is 0 Å². The first kappa shape index (κ1) is 15.7. The van der Waals surface area contributed by atoms with E-state index in [1.807, 2.05) is 12.1 Å². The number of rotatable bonds is 2. The van der Waals surface area contributed by atoms with Crippen LogP contribution in [0.3, 0.4) is 0 Å². The number of pyridine rings is 1. The van der Waals surface area contributed by atoms with E-state index in [0.717, 1.165) is 11.1 Å².